The zero-order valence-corrected chi connectivity index (χ0v) is 8.50. The van der Waals surface area contributed by atoms with Gasteiger partial charge in [0.2, 0.25) is 0 Å². The number of ether oxygens (including phenoxy) is 1. The van der Waals surface area contributed by atoms with E-state index >= 15 is 0 Å². The van der Waals surface area contributed by atoms with Gasteiger partial charge in [-0.2, -0.15) is 0 Å². The summed E-state index contributed by atoms with van der Waals surface area (Å²) in [5, 5.41) is 0. The molecule has 0 amide bonds. The molecule has 0 radical (unpaired) electrons. The summed E-state index contributed by atoms with van der Waals surface area (Å²) in [6, 6.07) is 1.87. The van der Waals surface area contributed by atoms with Gasteiger partial charge in [0.1, 0.15) is 11.4 Å². The highest BCUT2D eigenvalue weighted by atomic mass is 35.5. The molecule has 0 aliphatic carbocycles. The van der Waals surface area contributed by atoms with Crippen LogP contribution < -0.4 is 4.74 Å². The molecule has 2 rings (SSSR count). The quantitative estimate of drug-likeness (QED) is 0.622. The largest absolute Gasteiger partial charge is 0.482 e. The summed E-state index contributed by atoms with van der Waals surface area (Å²) in [5.74, 6) is 0.900. The fourth-order valence-corrected chi connectivity index (χ4v) is 2.21. The molecule has 12 heavy (non-hydrogen) atoms. The lowest BCUT2D eigenvalue weighted by Gasteiger charge is -2.25. The lowest BCUT2D eigenvalue weighted by atomic mass is 10.1. The number of fused-ring (bicyclic) bond motifs is 1. The van der Waals surface area contributed by atoms with Crippen LogP contribution >= 0.6 is 22.9 Å². The van der Waals surface area contributed by atoms with Crippen LogP contribution in [0.2, 0.25) is 4.34 Å². The molecule has 1 aliphatic heterocycles. The second-order valence-electron chi connectivity index (χ2n) is 3.32. The van der Waals surface area contributed by atoms with Gasteiger partial charge in [-0.25, -0.2) is 0 Å². The summed E-state index contributed by atoms with van der Waals surface area (Å²) in [5.41, 5.74) is -0.197. The Morgan fingerprint density at radius 2 is 2.25 bits per heavy atom. The van der Waals surface area contributed by atoms with Crippen LogP contribution in [0.15, 0.2) is 12.1 Å². The third-order valence-electron chi connectivity index (χ3n) is 1.70. The summed E-state index contributed by atoms with van der Waals surface area (Å²) >= 11 is 7.39. The highest BCUT2D eigenvalue weighted by Crippen LogP contribution is 2.39. The van der Waals surface area contributed by atoms with Crippen LogP contribution in [-0.4, -0.2) is 5.60 Å². The molecular weight excluding hydrogens is 192 g/mol. The van der Waals surface area contributed by atoms with E-state index in [4.69, 9.17) is 16.3 Å². The van der Waals surface area contributed by atoms with Gasteiger partial charge in [-0.1, -0.05) is 11.6 Å². The van der Waals surface area contributed by atoms with Gasteiger partial charge in [-0.3, -0.25) is 0 Å². The second kappa shape index (κ2) is 2.51. The van der Waals surface area contributed by atoms with E-state index in [0.29, 0.717) is 0 Å². The maximum atomic E-state index is 5.85. The minimum absolute atomic E-state index is 0.197. The molecule has 0 fully saturated rings. The van der Waals surface area contributed by atoms with Crippen LogP contribution in [0, 0.1) is 0 Å². The molecule has 1 aromatic heterocycles. The monoisotopic (exact) mass is 200 g/mol. The van der Waals surface area contributed by atoms with Crippen LogP contribution in [0.3, 0.4) is 0 Å². The predicted octanol–water partition coefficient (Wildman–Crippen LogP) is 3.59. The van der Waals surface area contributed by atoms with Gasteiger partial charge in [-0.15, -0.1) is 11.3 Å². The molecular formula is C9H9ClOS. The van der Waals surface area contributed by atoms with Crippen LogP contribution in [-0.2, 0) is 0 Å². The van der Waals surface area contributed by atoms with Crippen molar-refractivity contribution in [1.29, 1.82) is 0 Å². The number of hydrogen-bond acceptors (Lipinski definition) is 2. The third kappa shape index (κ3) is 1.37. The number of halogens is 1. The minimum Gasteiger partial charge on any atom is -0.482 e. The van der Waals surface area contributed by atoms with E-state index in [2.05, 4.69) is 6.08 Å². The van der Waals surface area contributed by atoms with E-state index in [1.54, 1.807) is 11.3 Å². The Morgan fingerprint density at radius 1 is 1.50 bits per heavy atom. The molecule has 0 saturated carbocycles. The van der Waals surface area contributed by atoms with Gasteiger partial charge >= 0.3 is 0 Å². The van der Waals surface area contributed by atoms with Crippen molar-refractivity contribution in [2.75, 3.05) is 0 Å². The maximum absolute atomic E-state index is 5.85. The summed E-state index contributed by atoms with van der Waals surface area (Å²) in [7, 11) is 0. The van der Waals surface area contributed by atoms with E-state index in [-0.39, 0.29) is 5.60 Å². The van der Waals surface area contributed by atoms with E-state index < -0.39 is 0 Å². The van der Waals surface area contributed by atoms with Gasteiger partial charge in [0, 0.05) is 6.07 Å². The topological polar surface area (TPSA) is 9.23 Å². The molecule has 3 heteroatoms. The standard InChI is InChI=1S/C9H9ClOS/c1-9(2)4-3-7-6(11-9)5-8(10)12-7/h3-5H,1-2H3. The van der Waals surface area contributed by atoms with Gasteiger partial charge in [0.25, 0.3) is 0 Å². The van der Waals surface area contributed by atoms with E-state index in [1.165, 1.54) is 0 Å². The Bertz CT molecular complexity index is 338. The highest BCUT2D eigenvalue weighted by Gasteiger charge is 2.22. The Morgan fingerprint density at radius 3 is 3.00 bits per heavy atom. The molecule has 0 N–H and O–H groups in total. The highest BCUT2D eigenvalue weighted by molar-refractivity contribution is 7.17. The Labute approximate surface area is 80.6 Å². The lowest BCUT2D eigenvalue weighted by molar-refractivity contribution is 0.160. The molecule has 0 spiro atoms. The molecule has 0 saturated heterocycles. The van der Waals surface area contributed by atoms with Crippen molar-refractivity contribution in [3.05, 3.63) is 21.4 Å². The van der Waals surface area contributed by atoms with E-state index in [1.807, 2.05) is 26.0 Å². The fraction of sp³-hybridized carbons (Fsp3) is 0.333. The Kier molecular flexibility index (Phi) is 1.70. The molecule has 1 aromatic rings. The average Bonchev–Trinajstić information content (AvgIpc) is 2.26. The summed E-state index contributed by atoms with van der Waals surface area (Å²) in [4.78, 5) is 1.11. The van der Waals surface area contributed by atoms with Crippen LogP contribution in [0.5, 0.6) is 5.75 Å². The smallest absolute Gasteiger partial charge is 0.140 e. The second-order valence-corrected chi connectivity index (χ2v) is 5.03. The Balaban J connectivity index is 2.45. The van der Waals surface area contributed by atoms with Gasteiger partial charge in [-0.05, 0) is 26.0 Å². The Hall–Kier alpha value is -0.470. The van der Waals surface area contributed by atoms with Crippen molar-refractivity contribution < 1.29 is 4.74 Å². The molecule has 0 atom stereocenters. The van der Waals surface area contributed by atoms with Gasteiger partial charge in [0.05, 0.1) is 9.21 Å². The van der Waals surface area contributed by atoms with Crippen LogP contribution in [0.1, 0.15) is 18.7 Å². The molecule has 0 bridgehead atoms. The first-order valence-corrected chi connectivity index (χ1v) is 4.94. The first kappa shape index (κ1) is 8.14. The first-order chi connectivity index (χ1) is 5.57. The zero-order chi connectivity index (χ0) is 8.77. The maximum Gasteiger partial charge on any atom is 0.140 e. The average molecular weight is 201 g/mol. The zero-order valence-electron chi connectivity index (χ0n) is 6.93. The SMILES string of the molecule is CC1(C)C=Cc2sc(Cl)cc2O1. The normalized spacial score (nSPS) is 18.6. The molecule has 1 nitrogen and oxygen atoms in total. The predicted molar refractivity (Wildman–Crippen MR) is 53.1 cm³/mol. The van der Waals surface area contributed by atoms with E-state index in [9.17, 15) is 0 Å². The lowest BCUT2D eigenvalue weighted by Crippen LogP contribution is -2.26. The summed E-state index contributed by atoms with van der Waals surface area (Å²) in [6.07, 6.45) is 4.11. The summed E-state index contributed by atoms with van der Waals surface area (Å²) in [6.45, 7) is 4.05. The molecule has 0 unspecified atom stereocenters. The molecule has 2 heterocycles. The van der Waals surface area contributed by atoms with Crippen LogP contribution in [0.4, 0.5) is 0 Å². The first-order valence-electron chi connectivity index (χ1n) is 3.74. The number of rotatable bonds is 0. The van der Waals surface area contributed by atoms with Gasteiger partial charge < -0.3 is 4.74 Å². The van der Waals surface area contributed by atoms with Crippen molar-refractivity contribution in [3.8, 4) is 5.75 Å². The van der Waals surface area contributed by atoms with Crippen molar-refractivity contribution in [2.24, 2.45) is 0 Å². The summed E-state index contributed by atoms with van der Waals surface area (Å²) < 4.78 is 6.46. The van der Waals surface area contributed by atoms with Crippen molar-refractivity contribution >= 4 is 29.0 Å². The number of thiophene rings is 1. The van der Waals surface area contributed by atoms with Crippen molar-refractivity contribution in [2.45, 2.75) is 19.4 Å². The fourth-order valence-electron chi connectivity index (χ4n) is 1.15. The number of hydrogen-bond donors (Lipinski definition) is 0. The minimum atomic E-state index is -0.197. The molecule has 64 valence electrons. The van der Waals surface area contributed by atoms with Crippen molar-refractivity contribution in [1.82, 2.24) is 0 Å². The van der Waals surface area contributed by atoms with Crippen LogP contribution in [0.25, 0.3) is 6.08 Å². The van der Waals surface area contributed by atoms with Crippen molar-refractivity contribution in [3.63, 3.8) is 0 Å². The molecule has 0 aromatic carbocycles. The molecule has 1 aliphatic rings. The van der Waals surface area contributed by atoms with Gasteiger partial charge in [0.15, 0.2) is 0 Å². The van der Waals surface area contributed by atoms with E-state index in [0.717, 1.165) is 15.0 Å². The third-order valence-corrected chi connectivity index (χ3v) is 2.91.